The number of nitrogen functional groups attached to an aromatic ring is 1. The molecular formula is C24H47N3O12P2. The van der Waals surface area contributed by atoms with Crippen molar-refractivity contribution >= 4 is 21.1 Å². The highest BCUT2D eigenvalue weighted by Gasteiger charge is 2.31. The van der Waals surface area contributed by atoms with E-state index in [4.69, 9.17) is 42.8 Å². The first-order valence-electron chi connectivity index (χ1n) is 13.3. The van der Waals surface area contributed by atoms with Crippen LogP contribution in [0, 0.1) is 0 Å². The molecule has 0 bridgehead atoms. The summed E-state index contributed by atoms with van der Waals surface area (Å²) in [6.45, 7) is 12.5. The van der Waals surface area contributed by atoms with Gasteiger partial charge in [0.1, 0.15) is 38.1 Å². The first kappa shape index (κ1) is 37.6. The summed E-state index contributed by atoms with van der Waals surface area (Å²) in [6, 6.07) is 1.34. The van der Waals surface area contributed by atoms with Gasteiger partial charge in [0, 0.05) is 0 Å². The van der Waals surface area contributed by atoms with Crippen molar-refractivity contribution in [1.29, 1.82) is 0 Å². The van der Waals surface area contributed by atoms with Crippen molar-refractivity contribution in [3.8, 4) is 11.8 Å². The number of ether oxygens (including phenoxy) is 4. The molecule has 0 fully saturated rings. The van der Waals surface area contributed by atoms with Crippen molar-refractivity contribution in [3.63, 3.8) is 0 Å². The molecular weight excluding hydrogens is 584 g/mol. The molecule has 0 saturated carbocycles. The third-order valence-electron chi connectivity index (χ3n) is 4.36. The molecule has 0 aliphatic rings. The summed E-state index contributed by atoms with van der Waals surface area (Å²) in [5.74, 6) is -0.145. The van der Waals surface area contributed by atoms with Gasteiger partial charge in [-0.2, -0.15) is 9.97 Å². The van der Waals surface area contributed by atoms with E-state index in [9.17, 15) is 19.3 Å². The Morgan fingerprint density at radius 1 is 0.683 bits per heavy atom. The smallest absolute Gasteiger partial charge is 0.356 e. The molecule has 1 aromatic heterocycles. The van der Waals surface area contributed by atoms with Crippen molar-refractivity contribution in [2.45, 2.75) is 92.0 Å². The standard InChI is InChI=1S/C24H47N3O12P2/c1-16(2)36-40(30,37-17(3)4)14-34-20(10-28)12-32-22-9-23(27-24(25)26-22)33-13-21(11-29)35-15-41(31,38-18(5)6)39-19(7)8/h9,16-21,28-29H,10-15H2,1-8H3,(H2,25,26,27)/t20-,21-/m1/s1. The van der Waals surface area contributed by atoms with Gasteiger partial charge in [0.25, 0.3) is 0 Å². The number of aliphatic hydroxyl groups is 2. The molecule has 0 aliphatic heterocycles. The van der Waals surface area contributed by atoms with Gasteiger partial charge in [0.05, 0.1) is 43.7 Å². The van der Waals surface area contributed by atoms with E-state index in [1.54, 1.807) is 55.4 Å². The summed E-state index contributed by atoms with van der Waals surface area (Å²) < 4.78 is 70.0. The van der Waals surface area contributed by atoms with Crippen molar-refractivity contribution in [2.75, 3.05) is 44.9 Å². The Hall–Kier alpha value is -1.38. The Bertz CT molecular complexity index is 883. The molecule has 0 unspecified atom stereocenters. The number of nitrogens with zero attached hydrogens (tertiary/aromatic N) is 2. The lowest BCUT2D eigenvalue weighted by Crippen LogP contribution is -2.28. The van der Waals surface area contributed by atoms with Crippen LogP contribution in [0.1, 0.15) is 55.4 Å². The molecule has 0 amide bonds. The van der Waals surface area contributed by atoms with Crippen molar-refractivity contribution in [1.82, 2.24) is 9.97 Å². The van der Waals surface area contributed by atoms with E-state index in [0.29, 0.717) is 0 Å². The van der Waals surface area contributed by atoms with Crippen LogP contribution in [0.25, 0.3) is 0 Å². The third kappa shape index (κ3) is 16.2. The van der Waals surface area contributed by atoms with Gasteiger partial charge in [-0.05, 0) is 55.4 Å². The van der Waals surface area contributed by atoms with E-state index in [1.165, 1.54) is 6.07 Å². The fourth-order valence-corrected chi connectivity index (χ4v) is 6.78. The number of aromatic nitrogens is 2. The summed E-state index contributed by atoms with van der Waals surface area (Å²) >= 11 is 0. The third-order valence-corrected chi connectivity index (χ3v) is 8.26. The van der Waals surface area contributed by atoms with E-state index in [-0.39, 0.29) is 55.3 Å². The van der Waals surface area contributed by atoms with Gasteiger partial charge in [-0.15, -0.1) is 0 Å². The second-order valence-corrected chi connectivity index (χ2v) is 13.9. The molecule has 17 heteroatoms. The average molecular weight is 632 g/mol. The van der Waals surface area contributed by atoms with Crippen molar-refractivity contribution in [3.05, 3.63) is 6.07 Å². The summed E-state index contributed by atoms with van der Waals surface area (Å²) in [7, 11) is -7.17. The molecule has 0 aromatic carbocycles. The molecule has 4 N–H and O–H groups in total. The lowest BCUT2D eigenvalue weighted by molar-refractivity contribution is -0.00753. The predicted octanol–water partition coefficient (Wildman–Crippen LogP) is 3.57. The van der Waals surface area contributed by atoms with Crippen LogP contribution in [0.15, 0.2) is 6.07 Å². The Balaban J connectivity index is 2.76. The second-order valence-electron chi connectivity index (χ2n) is 10.1. The van der Waals surface area contributed by atoms with E-state index < -0.39 is 53.3 Å². The maximum atomic E-state index is 13.0. The first-order chi connectivity index (χ1) is 19.1. The van der Waals surface area contributed by atoms with Crippen LogP contribution in [0.3, 0.4) is 0 Å². The quantitative estimate of drug-likeness (QED) is 0.157. The SMILES string of the molecule is CC(C)OP(=O)(CO[C@H](CO)COc1cc(OC[C@@H](CO)OCP(=O)(OC(C)C)OC(C)C)nc(N)n1)OC(C)C. The Kier molecular flexibility index (Phi) is 16.8. The van der Waals surface area contributed by atoms with Crippen LogP contribution < -0.4 is 15.2 Å². The highest BCUT2D eigenvalue weighted by molar-refractivity contribution is 7.53. The fourth-order valence-electron chi connectivity index (χ4n) is 3.08. The summed E-state index contributed by atoms with van der Waals surface area (Å²) in [4.78, 5) is 7.94. The van der Waals surface area contributed by atoms with E-state index >= 15 is 0 Å². The van der Waals surface area contributed by atoms with Gasteiger partial charge in [-0.3, -0.25) is 9.13 Å². The monoisotopic (exact) mass is 631 g/mol. The second kappa shape index (κ2) is 18.3. The zero-order valence-corrected chi connectivity index (χ0v) is 26.9. The number of nitrogens with two attached hydrogens (primary N) is 1. The molecule has 1 rings (SSSR count). The molecule has 41 heavy (non-hydrogen) atoms. The van der Waals surface area contributed by atoms with Crippen molar-refractivity contribution < 1.29 is 56.4 Å². The largest absolute Gasteiger partial charge is 0.475 e. The first-order valence-corrected chi connectivity index (χ1v) is 16.8. The van der Waals surface area contributed by atoms with Crippen LogP contribution in [-0.2, 0) is 36.7 Å². The van der Waals surface area contributed by atoms with Crippen LogP contribution >= 0.6 is 15.2 Å². The van der Waals surface area contributed by atoms with Gasteiger partial charge < -0.3 is 53.0 Å². The minimum Gasteiger partial charge on any atom is -0.475 e. The number of hydrogen-bond donors (Lipinski definition) is 3. The summed E-state index contributed by atoms with van der Waals surface area (Å²) in [6.07, 6.45) is -4.02. The average Bonchev–Trinajstić information content (AvgIpc) is 2.81. The van der Waals surface area contributed by atoms with Crippen LogP contribution in [-0.4, -0.2) is 95.9 Å². The van der Waals surface area contributed by atoms with E-state index in [0.717, 1.165) is 0 Å². The normalized spacial score (nSPS) is 14.3. The Morgan fingerprint density at radius 3 is 1.27 bits per heavy atom. The van der Waals surface area contributed by atoms with Crippen LogP contribution in [0.5, 0.6) is 11.8 Å². The zero-order valence-electron chi connectivity index (χ0n) is 25.1. The fraction of sp³-hybridized carbons (Fsp3) is 0.833. The Labute approximate surface area is 242 Å². The Morgan fingerprint density at radius 2 is 1.00 bits per heavy atom. The van der Waals surface area contributed by atoms with E-state index in [2.05, 4.69) is 9.97 Å². The number of hydrogen-bond acceptors (Lipinski definition) is 15. The minimum absolute atomic E-state index is 0.0104. The lowest BCUT2D eigenvalue weighted by Gasteiger charge is -2.25. The highest BCUT2D eigenvalue weighted by atomic mass is 31.2. The molecule has 0 radical (unpaired) electrons. The lowest BCUT2D eigenvalue weighted by atomic mass is 10.4. The number of rotatable bonds is 22. The highest BCUT2D eigenvalue weighted by Crippen LogP contribution is 2.51. The topological polar surface area (TPSA) is 200 Å². The van der Waals surface area contributed by atoms with Gasteiger partial charge in [-0.1, -0.05) is 0 Å². The number of anilines is 1. The number of aliphatic hydroxyl groups excluding tert-OH is 2. The molecule has 2 atom stereocenters. The van der Waals surface area contributed by atoms with Gasteiger partial charge in [0.15, 0.2) is 0 Å². The molecule has 0 saturated heterocycles. The maximum absolute atomic E-state index is 13.0. The molecule has 0 spiro atoms. The summed E-state index contributed by atoms with van der Waals surface area (Å²) in [5.41, 5.74) is 5.77. The molecule has 0 aliphatic carbocycles. The molecule has 1 heterocycles. The zero-order chi connectivity index (χ0) is 31.2. The minimum atomic E-state index is -3.58. The van der Waals surface area contributed by atoms with E-state index in [1.807, 2.05) is 0 Å². The van der Waals surface area contributed by atoms with Gasteiger partial charge in [-0.25, -0.2) is 0 Å². The maximum Gasteiger partial charge on any atom is 0.356 e. The summed E-state index contributed by atoms with van der Waals surface area (Å²) in [5, 5.41) is 19.4. The van der Waals surface area contributed by atoms with Crippen LogP contribution in [0.2, 0.25) is 0 Å². The predicted molar refractivity (Wildman–Crippen MR) is 151 cm³/mol. The molecule has 1 aromatic rings. The molecule has 240 valence electrons. The van der Waals surface area contributed by atoms with Gasteiger partial charge in [0.2, 0.25) is 17.7 Å². The molecule has 15 nitrogen and oxygen atoms in total. The van der Waals surface area contributed by atoms with Gasteiger partial charge >= 0.3 is 15.2 Å². The van der Waals surface area contributed by atoms with Crippen LogP contribution in [0.4, 0.5) is 5.95 Å². The van der Waals surface area contributed by atoms with Crippen molar-refractivity contribution in [2.24, 2.45) is 0 Å².